The van der Waals surface area contributed by atoms with Gasteiger partial charge in [0, 0.05) is 19.0 Å². The van der Waals surface area contributed by atoms with E-state index in [1.165, 1.54) is 0 Å². The molecule has 0 heterocycles. The van der Waals surface area contributed by atoms with Crippen molar-refractivity contribution in [3.63, 3.8) is 0 Å². The fraction of sp³-hybridized carbons (Fsp3) is 0.857. The molecule has 0 radical (unpaired) electrons. The summed E-state index contributed by atoms with van der Waals surface area (Å²) < 4.78 is 0. The van der Waals surface area contributed by atoms with Crippen LogP contribution in [0.15, 0.2) is 0 Å². The predicted octanol–water partition coefficient (Wildman–Crippen LogP) is 0.672. The van der Waals surface area contributed by atoms with Gasteiger partial charge in [-0.05, 0) is 13.3 Å². The van der Waals surface area contributed by atoms with E-state index in [2.05, 4.69) is 5.32 Å². The molecule has 0 aromatic carbocycles. The summed E-state index contributed by atoms with van der Waals surface area (Å²) in [7, 11) is 0. The number of amides is 1. The van der Waals surface area contributed by atoms with Crippen LogP contribution in [0, 0.1) is 0 Å². The maximum atomic E-state index is 10.8. The molecule has 1 atom stereocenters. The molecule has 1 amide bonds. The van der Waals surface area contributed by atoms with Crippen LogP contribution in [-0.4, -0.2) is 18.5 Å². The van der Waals surface area contributed by atoms with Crippen molar-refractivity contribution in [2.24, 2.45) is 5.73 Å². The molecule has 0 aromatic rings. The highest BCUT2D eigenvalue weighted by molar-refractivity contribution is 5.85. The topological polar surface area (TPSA) is 55.1 Å². The standard InChI is InChI=1S/C7H16N2O.ClH/c1-3-6(2)9-7(10)4-5-8;/h6H,3-5,8H2,1-2H3,(H,9,10);1H. The van der Waals surface area contributed by atoms with Gasteiger partial charge in [-0.15, -0.1) is 12.4 Å². The van der Waals surface area contributed by atoms with Crippen LogP contribution < -0.4 is 11.1 Å². The van der Waals surface area contributed by atoms with Gasteiger partial charge in [0.2, 0.25) is 5.91 Å². The van der Waals surface area contributed by atoms with Crippen LogP contribution in [0.1, 0.15) is 26.7 Å². The van der Waals surface area contributed by atoms with E-state index in [1.54, 1.807) is 0 Å². The summed E-state index contributed by atoms with van der Waals surface area (Å²) in [6.07, 6.45) is 1.40. The van der Waals surface area contributed by atoms with Crippen molar-refractivity contribution in [2.75, 3.05) is 6.54 Å². The van der Waals surface area contributed by atoms with Crippen LogP contribution >= 0.6 is 12.4 Å². The Hall–Kier alpha value is -0.280. The van der Waals surface area contributed by atoms with Crippen molar-refractivity contribution in [3.05, 3.63) is 0 Å². The van der Waals surface area contributed by atoms with Gasteiger partial charge in [0.1, 0.15) is 0 Å². The zero-order valence-corrected chi connectivity index (χ0v) is 7.91. The molecule has 0 aliphatic heterocycles. The minimum Gasteiger partial charge on any atom is -0.354 e. The zero-order chi connectivity index (χ0) is 7.98. The molecule has 0 rings (SSSR count). The lowest BCUT2D eigenvalue weighted by Crippen LogP contribution is -2.33. The van der Waals surface area contributed by atoms with Gasteiger partial charge in [-0.25, -0.2) is 0 Å². The van der Waals surface area contributed by atoms with Gasteiger partial charge in [-0.2, -0.15) is 0 Å². The van der Waals surface area contributed by atoms with Gasteiger partial charge in [0.05, 0.1) is 0 Å². The average Bonchev–Trinajstić information content (AvgIpc) is 1.88. The molecule has 1 unspecified atom stereocenters. The smallest absolute Gasteiger partial charge is 0.221 e. The fourth-order valence-corrected chi connectivity index (χ4v) is 0.580. The molecular formula is C7H17ClN2O. The van der Waals surface area contributed by atoms with Gasteiger partial charge in [-0.3, -0.25) is 4.79 Å². The molecule has 4 heteroatoms. The predicted molar refractivity (Wildman–Crippen MR) is 48.8 cm³/mol. The summed E-state index contributed by atoms with van der Waals surface area (Å²) in [5, 5.41) is 2.81. The summed E-state index contributed by atoms with van der Waals surface area (Å²) in [5.41, 5.74) is 5.19. The first-order valence-electron chi connectivity index (χ1n) is 3.70. The SMILES string of the molecule is CCC(C)NC(=O)CCN.Cl. The Bertz CT molecular complexity index is 109. The first kappa shape index (κ1) is 13.3. The molecule has 0 saturated carbocycles. The van der Waals surface area contributed by atoms with Gasteiger partial charge >= 0.3 is 0 Å². The highest BCUT2D eigenvalue weighted by atomic mass is 35.5. The maximum absolute atomic E-state index is 10.8. The first-order chi connectivity index (χ1) is 4.70. The lowest BCUT2D eigenvalue weighted by molar-refractivity contribution is -0.121. The zero-order valence-electron chi connectivity index (χ0n) is 7.09. The van der Waals surface area contributed by atoms with E-state index in [0.717, 1.165) is 6.42 Å². The third kappa shape index (κ3) is 7.62. The molecule has 0 aliphatic carbocycles. The molecule has 0 saturated heterocycles. The van der Waals surface area contributed by atoms with E-state index >= 15 is 0 Å². The van der Waals surface area contributed by atoms with Crippen LogP contribution in [0.25, 0.3) is 0 Å². The molecule has 3 nitrogen and oxygen atoms in total. The quantitative estimate of drug-likeness (QED) is 0.669. The molecule has 68 valence electrons. The van der Waals surface area contributed by atoms with Crippen LogP contribution in [0.5, 0.6) is 0 Å². The monoisotopic (exact) mass is 180 g/mol. The summed E-state index contributed by atoms with van der Waals surface area (Å²) in [5.74, 6) is 0.0526. The average molecular weight is 181 g/mol. The number of halogens is 1. The number of hydrogen-bond donors (Lipinski definition) is 2. The summed E-state index contributed by atoms with van der Waals surface area (Å²) in [6, 6.07) is 0.277. The minimum atomic E-state index is 0. The van der Waals surface area contributed by atoms with Crippen molar-refractivity contribution >= 4 is 18.3 Å². The van der Waals surface area contributed by atoms with Crippen LogP contribution in [0.4, 0.5) is 0 Å². The highest BCUT2D eigenvalue weighted by Crippen LogP contribution is 1.87. The van der Waals surface area contributed by atoms with E-state index in [1.807, 2.05) is 13.8 Å². The van der Waals surface area contributed by atoms with Crippen molar-refractivity contribution in [2.45, 2.75) is 32.7 Å². The normalized spacial score (nSPS) is 11.5. The second-order valence-corrected chi connectivity index (χ2v) is 2.42. The molecule has 11 heavy (non-hydrogen) atoms. The number of nitrogens with two attached hydrogens (primary N) is 1. The van der Waals surface area contributed by atoms with E-state index < -0.39 is 0 Å². The molecule has 0 aromatic heterocycles. The Morgan fingerprint density at radius 2 is 2.18 bits per heavy atom. The van der Waals surface area contributed by atoms with Gasteiger partial charge in [0.25, 0.3) is 0 Å². The maximum Gasteiger partial charge on any atom is 0.221 e. The fourth-order valence-electron chi connectivity index (χ4n) is 0.580. The second kappa shape index (κ2) is 7.82. The third-order valence-electron chi connectivity index (χ3n) is 1.39. The van der Waals surface area contributed by atoms with Gasteiger partial charge in [0.15, 0.2) is 0 Å². The van der Waals surface area contributed by atoms with Crippen molar-refractivity contribution in [3.8, 4) is 0 Å². The summed E-state index contributed by atoms with van der Waals surface area (Å²) >= 11 is 0. The Morgan fingerprint density at radius 1 is 1.64 bits per heavy atom. The molecule has 0 fully saturated rings. The molecule has 0 aliphatic rings. The molecule has 3 N–H and O–H groups in total. The van der Waals surface area contributed by atoms with E-state index in [-0.39, 0.29) is 24.4 Å². The number of carbonyl (C=O) groups excluding carboxylic acids is 1. The summed E-state index contributed by atoms with van der Waals surface area (Å²) in [4.78, 5) is 10.8. The number of rotatable bonds is 4. The van der Waals surface area contributed by atoms with Crippen molar-refractivity contribution in [1.29, 1.82) is 0 Å². The minimum absolute atomic E-state index is 0. The van der Waals surface area contributed by atoms with Crippen molar-refractivity contribution in [1.82, 2.24) is 5.32 Å². The van der Waals surface area contributed by atoms with Crippen LogP contribution in [0.2, 0.25) is 0 Å². The number of nitrogens with one attached hydrogen (secondary N) is 1. The van der Waals surface area contributed by atoms with Crippen LogP contribution in [-0.2, 0) is 4.79 Å². The van der Waals surface area contributed by atoms with Crippen LogP contribution in [0.3, 0.4) is 0 Å². The highest BCUT2D eigenvalue weighted by Gasteiger charge is 2.02. The van der Waals surface area contributed by atoms with E-state index in [0.29, 0.717) is 13.0 Å². The van der Waals surface area contributed by atoms with Gasteiger partial charge in [-0.1, -0.05) is 6.92 Å². The van der Waals surface area contributed by atoms with E-state index in [9.17, 15) is 4.79 Å². The lowest BCUT2D eigenvalue weighted by Gasteiger charge is -2.09. The molecule has 0 bridgehead atoms. The Labute approximate surface area is 74.1 Å². The molecule has 0 spiro atoms. The van der Waals surface area contributed by atoms with E-state index in [4.69, 9.17) is 5.73 Å². The Morgan fingerprint density at radius 3 is 2.55 bits per heavy atom. The third-order valence-corrected chi connectivity index (χ3v) is 1.39. The number of hydrogen-bond acceptors (Lipinski definition) is 2. The largest absolute Gasteiger partial charge is 0.354 e. The van der Waals surface area contributed by atoms with Gasteiger partial charge < -0.3 is 11.1 Å². The lowest BCUT2D eigenvalue weighted by atomic mass is 10.2. The number of carbonyl (C=O) groups is 1. The summed E-state index contributed by atoms with van der Waals surface area (Å²) in [6.45, 7) is 4.45. The van der Waals surface area contributed by atoms with Crippen molar-refractivity contribution < 1.29 is 4.79 Å². The Balaban J connectivity index is 0. The second-order valence-electron chi connectivity index (χ2n) is 2.42. The molecular weight excluding hydrogens is 164 g/mol. The Kier molecular flexibility index (Phi) is 9.47. The first-order valence-corrected chi connectivity index (χ1v) is 3.70.